The van der Waals surface area contributed by atoms with E-state index >= 15 is 0 Å². The van der Waals surface area contributed by atoms with E-state index < -0.39 is 0 Å². The summed E-state index contributed by atoms with van der Waals surface area (Å²) in [7, 11) is 1.57. The molecule has 1 unspecified atom stereocenters. The maximum absolute atomic E-state index is 13.7. The number of ether oxygens (including phenoxy) is 1. The van der Waals surface area contributed by atoms with E-state index in [0.717, 1.165) is 24.1 Å². The van der Waals surface area contributed by atoms with Gasteiger partial charge in [-0.2, -0.15) is 5.10 Å². The normalized spacial score (nSPS) is 12.5. The van der Waals surface area contributed by atoms with Crippen molar-refractivity contribution in [1.82, 2.24) is 14.6 Å². The van der Waals surface area contributed by atoms with Gasteiger partial charge in [0.15, 0.2) is 5.65 Å². The van der Waals surface area contributed by atoms with Crippen LogP contribution in [0.2, 0.25) is 0 Å². The van der Waals surface area contributed by atoms with Gasteiger partial charge in [0.25, 0.3) is 0 Å². The monoisotopic (exact) mass is 312 g/mol. The van der Waals surface area contributed by atoms with E-state index in [0.29, 0.717) is 22.9 Å². The Hall–Kier alpha value is -2.43. The van der Waals surface area contributed by atoms with Gasteiger partial charge >= 0.3 is 0 Å². The van der Waals surface area contributed by atoms with Crippen LogP contribution in [0.5, 0.6) is 5.75 Å². The molecule has 0 aliphatic carbocycles. The number of aromatic nitrogens is 3. The zero-order valence-electron chi connectivity index (χ0n) is 13.3. The fourth-order valence-electron chi connectivity index (χ4n) is 2.56. The molecule has 0 bridgehead atoms. The van der Waals surface area contributed by atoms with Crippen LogP contribution in [-0.2, 0) is 6.42 Å². The van der Waals surface area contributed by atoms with Gasteiger partial charge in [-0.15, -0.1) is 0 Å². The Balaban J connectivity index is 2.11. The van der Waals surface area contributed by atoms with Crippen LogP contribution >= 0.6 is 0 Å². The molecule has 3 rings (SSSR count). The first-order valence-corrected chi connectivity index (χ1v) is 7.58. The first-order valence-electron chi connectivity index (χ1n) is 7.58. The molecular weight excluding hydrogens is 293 g/mol. The Kier molecular flexibility index (Phi) is 4.28. The molecule has 0 spiro atoms. The van der Waals surface area contributed by atoms with Gasteiger partial charge in [-0.3, -0.25) is 0 Å². The third-order valence-electron chi connectivity index (χ3n) is 3.93. The molecule has 2 heterocycles. The summed E-state index contributed by atoms with van der Waals surface area (Å²) in [6.45, 7) is 6.07. The van der Waals surface area contributed by atoms with Gasteiger partial charge in [-0.1, -0.05) is 20.3 Å². The molecular formula is C18H19FN3O. The first kappa shape index (κ1) is 15.5. The van der Waals surface area contributed by atoms with Gasteiger partial charge in [0.1, 0.15) is 11.6 Å². The summed E-state index contributed by atoms with van der Waals surface area (Å²) in [4.78, 5) is 4.70. The van der Waals surface area contributed by atoms with Crippen molar-refractivity contribution in [3.63, 3.8) is 0 Å². The van der Waals surface area contributed by atoms with Crippen molar-refractivity contribution in [2.45, 2.75) is 19.8 Å². The first-order chi connectivity index (χ1) is 11.1. The van der Waals surface area contributed by atoms with Gasteiger partial charge in [0.05, 0.1) is 18.9 Å². The SMILES string of the molecule is [CH2]CC(C)Cc1ccn2ncc(-c3cc(F)ccc3OC)c2n1. The number of benzene rings is 1. The number of fused-ring (bicyclic) bond motifs is 1. The summed E-state index contributed by atoms with van der Waals surface area (Å²) in [5, 5.41) is 4.30. The molecule has 2 aromatic heterocycles. The van der Waals surface area contributed by atoms with Gasteiger partial charge < -0.3 is 4.74 Å². The van der Waals surface area contributed by atoms with E-state index in [1.165, 1.54) is 12.1 Å². The minimum Gasteiger partial charge on any atom is -0.496 e. The van der Waals surface area contributed by atoms with E-state index in [1.54, 1.807) is 23.9 Å². The van der Waals surface area contributed by atoms with Gasteiger partial charge in [-0.05, 0) is 36.6 Å². The summed E-state index contributed by atoms with van der Waals surface area (Å²) in [6.07, 6.45) is 5.28. The van der Waals surface area contributed by atoms with Crippen molar-refractivity contribution < 1.29 is 9.13 Å². The van der Waals surface area contributed by atoms with Crippen LogP contribution in [0, 0.1) is 18.7 Å². The predicted octanol–water partition coefficient (Wildman–Crippen LogP) is 3.95. The smallest absolute Gasteiger partial charge is 0.163 e. The van der Waals surface area contributed by atoms with Crippen LogP contribution < -0.4 is 4.74 Å². The second-order valence-electron chi connectivity index (χ2n) is 5.69. The molecule has 0 N–H and O–H groups in total. The van der Waals surface area contributed by atoms with E-state index in [4.69, 9.17) is 9.72 Å². The molecule has 1 atom stereocenters. The quantitative estimate of drug-likeness (QED) is 0.716. The summed E-state index contributed by atoms with van der Waals surface area (Å²) in [5.41, 5.74) is 3.08. The molecule has 119 valence electrons. The summed E-state index contributed by atoms with van der Waals surface area (Å²) in [5.74, 6) is 0.738. The summed E-state index contributed by atoms with van der Waals surface area (Å²) in [6, 6.07) is 6.40. The maximum Gasteiger partial charge on any atom is 0.163 e. The predicted molar refractivity (Wildman–Crippen MR) is 87.8 cm³/mol. The van der Waals surface area contributed by atoms with Crippen molar-refractivity contribution in [3.05, 3.63) is 55.1 Å². The third-order valence-corrected chi connectivity index (χ3v) is 3.93. The Morgan fingerprint density at radius 2 is 2.13 bits per heavy atom. The summed E-state index contributed by atoms with van der Waals surface area (Å²) >= 11 is 0. The lowest BCUT2D eigenvalue weighted by atomic mass is 10.0. The molecule has 4 nitrogen and oxygen atoms in total. The molecule has 0 saturated carbocycles. The number of rotatable bonds is 5. The Morgan fingerprint density at radius 1 is 1.30 bits per heavy atom. The molecule has 1 aromatic carbocycles. The minimum absolute atomic E-state index is 0.318. The number of halogens is 1. The zero-order chi connectivity index (χ0) is 16.4. The second-order valence-corrected chi connectivity index (χ2v) is 5.69. The van der Waals surface area contributed by atoms with Crippen LogP contribution in [-0.4, -0.2) is 21.7 Å². The number of hydrogen-bond acceptors (Lipinski definition) is 3. The molecule has 1 radical (unpaired) electrons. The number of methoxy groups -OCH3 is 1. The molecule has 0 amide bonds. The highest BCUT2D eigenvalue weighted by Crippen LogP contribution is 2.32. The highest BCUT2D eigenvalue weighted by Gasteiger charge is 2.15. The van der Waals surface area contributed by atoms with Crippen molar-refractivity contribution in [1.29, 1.82) is 0 Å². The lowest BCUT2D eigenvalue weighted by Gasteiger charge is -2.09. The number of nitrogens with zero attached hydrogens (tertiary/aromatic N) is 3. The van der Waals surface area contributed by atoms with Crippen LogP contribution in [0.4, 0.5) is 4.39 Å². The Labute approximate surface area is 134 Å². The third kappa shape index (κ3) is 3.04. The van der Waals surface area contributed by atoms with Gasteiger partial charge in [-0.25, -0.2) is 13.9 Å². The second kappa shape index (κ2) is 6.36. The van der Waals surface area contributed by atoms with Crippen LogP contribution in [0.25, 0.3) is 16.8 Å². The highest BCUT2D eigenvalue weighted by atomic mass is 19.1. The Morgan fingerprint density at radius 3 is 2.87 bits per heavy atom. The van der Waals surface area contributed by atoms with Crippen LogP contribution in [0.15, 0.2) is 36.7 Å². The fraction of sp³-hybridized carbons (Fsp3) is 0.278. The van der Waals surface area contributed by atoms with E-state index in [1.807, 2.05) is 12.3 Å². The number of hydrogen-bond donors (Lipinski definition) is 0. The zero-order valence-corrected chi connectivity index (χ0v) is 13.3. The fourth-order valence-corrected chi connectivity index (χ4v) is 2.56. The molecule has 0 fully saturated rings. The Bertz CT molecular complexity index is 828. The summed E-state index contributed by atoms with van der Waals surface area (Å²) < 4.78 is 20.7. The standard InChI is InChI=1S/C18H19FN3O/c1-4-12(2)9-14-7-8-22-18(21-14)16(11-20-22)15-10-13(19)5-6-17(15)23-3/h5-8,10-12H,1,4,9H2,2-3H3. The molecule has 0 saturated heterocycles. The minimum atomic E-state index is -0.318. The van der Waals surface area contributed by atoms with E-state index in [2.05, 4.69) is 18.9 Å². The largest absolute Gasteiger partial charge is 0.496 e. The molecule has 0 aliphatic heterocycles. The molecule has 3 aromatic rings. The molecule has 23 heavy (non-hydrogen) atoms. The molecule has 0 aliphatic rings. The maximum atomic E-state index is 13.7. The van der Waals surface area contributed by atoms with Gasteiger partial charge in [0, 0.05) is 17.5 Å². The van der Waals surface area contributed by atoms with Crippen molar-refractivity contribution in [2.75, 3.05) is 7.11 Å². The van der Waals surface area contributed by atoms with E-state index in [9.17, 15) is 4.39 Å². The average molecular weight is 312 g/mol. The van der Waals surface area contributed by atoms with Crippen molar-refractivity contribution in [2.24, 2.45) is 5.92 Å². The highest BCUT2D eigenvalue weighted by molar-refractivity contribution is 5.81. The van der Waals surface area contributed by atoms with Crippen LogP contribution in [0.1, 0.15) is 19.0 Å². The lowest BCUT2D eigenvalue weighted by Crippen LogP contribution is -2.02. The van der Waals surface area contributed by atoms with Crippen molar-refractivity contribution in [3.8, 4) is 16.9 Å². The van der Waals surface area contributed by atoms with Crippen molar-refractivity contribution >= 4 is 5.65 Å². The van der Waals surface area contributed by atoms with Gasteiger partial charge in [0.2, 0.25) is 0 Å². The topological polar surface area (TPSA) is 39.4 Å². The lowest BCUT2D eigenvalue weighted by molar-refractivity contribution is 0.415. The van der Waals surface area contributed by atoms with Crippen LogP contribution in [0.3, 0.4) is 0 Å². The average Bonchev–Trinajstić information content (AvgIpc) is 2.97. The molecule has 5 heteroatoms. The van der Waals surface area contributed by atoms with E-state index in [-0.39, 0.29) is 5.82 Å².